The van der Waals surface area contributed by atoms with E-state index in [1.807, 2.05) is 7.05 Å². The van der Waals surface area contributed by atoms with E-state index in [4.69, 9.17) is 0 Å². The lowest BCUT2D eigenvalue weighted by molar-refractivity contribution is 0.265. The highest BCUT2D eigenvalue weighted by atomic mass is 127. The summed E-state index contributed by atoms with van der Waals surface area (Å²) in [5.41, 5.74) is 0. The first kappa shape index (κ1) is 18.5. The van der Waals surface area contributed by atoms with Crippen molar-refractivity contribution in [3.05, 3.63) is 11.6 Å². The van der Waals surface area contributed by atoms with Crippen molar-refractivity contribution >= 4 is 29.9 Å². The van der Waals surface area contributed by atoms with Crippen molar-refractivity contribution < 1.29 is 0 Å². The monoisotopic (exact) mass is 432 g/mol. The van der Waals surface area contributed by atoms with Crippen molar-refractivity contribution in [3.8, 4) is 0 Å². The van der Waals surface area contributed by atoms with E-state index in [1.165, 1.54) is 32.1 Å². The van der Waals surface area contributed by atoms with E-state index < -0.39 is 0 Å². The molecule has 0 aliphatic carbocycles. The molecule has 130 valence electrons. The molecule has 2 aliphatic rings. The summed E-state index contributed by atoms with van der Waals surface area (Å²) in [5.74, 6) is 3.94. The van der Waals surface area contributed by atoms with Crippen molar-refractivity contribution in [2.45, 2.75) is 58.5 Å². The summed E-state index contributed by atoms with van der Waals surface area (Å²) < 4.78 is 2.30. The topological polar surface area (TPSA) is 58.3 Å². The van der Waals surface area contributed by atoms with E-state index in [0.29, 0.717) is 6.54 Å². The molecule has 1 aromatic rings. The molecule has 1 atom stereocenters. The molecular formula is C16H29IN6. The Morgan fingerprint density at radius 2 is 2.09 bits per heavy atom. The zero-order valence-electron chi connectivity index (χ0n) is 14.3. The quantitative estimate of drug-likeness (QED) is 0.443. The molecule has 0 saturated carbocycles. The molecule has 2 aliphatic heterocycles. The molecule has 0 radical (unpaired) electrons. The highest BCUT2D eigenvalue weighted by Gasteiger charge is 2.20. The molecule has 7 heteroatoms. The van der Waals surface area contributed by atoms with Crippen LogP contribution < -0.4 is 5.32 Å². The summed E-state index contributed by atoms with van der Waals surface area (Å²) in [6.07, 6.45) is 7.40. The Bertz CT molecular complexity index is 527. The first-order valence-electron chi connectivity index (χ1n) is 8.64. The Kier molecular flexibility index (Phi) is 7.10. The number of halogens is 1. The predicted octanol–water partition coefficient (Wildman–Crippen LogP) is 2.43. The Morgan fingerprint density at radius 1 is 1.22 bits per heavy atom. The van der Waals surface area contributed by atoms with Crippen LogP contribution in [-0.2, 0) is 19.5 Å². The third-order valence-corrected chi connectivity index (χ3v) is 4.76. The SMILES string of the molecule is CN=C(NCc1nnc2n1CCCCC2)N1CCCC(C)C1.I. The second-order valence-corrected chi connectivity index (χ2v) is 6.59. The Balaban J connectivity index is 0.00000192. The van der Waals surface area contributed by atoms with Crippen LogP contribution in [0.5, 0.6) is 0 Å². The molecule has 1 fully saturated rings. The lowest BCUT2D eigenvalue weighted by atomic mass is 10.0. The number of piperidine rings is 1. The van der Waals surface area contributed by atoms with Gasteiger partial charge in [-0.1, -0.05) is 13.3 Å². The zero-order valence-corrected chi connectivity index (χ0v) is 16.6. The molecule has 1 aromatic heterocycles. The summed E-state index contributed by atoms with van der Waals surface area (Å²) >= 11 is 0. The zero-order chi connectivity index (χ0) is 15.4. The minimum absolute atomic E-state index is 0. The van der Waals surface area contributed by atoms with Crippen LogP contribution in [0.15, 0.2) is 4.99 Å². The molecule has 6 nitrogen and oxygen atoms in total. The van der Waals surface area contributed by atoms with Gasteiger partial charge in [0.2, 0.25) is 0 Å². The number of nitrogens with one attached hydrogen (secondary N) is 1. The molecule has 1 unspecified atom stereocenters. The number of hydrogen-bond donors (Lipinski definition) is 1. The summed E-state index contributed by atoms with van der Waals surface area (Å²) in [7, 11) is 1.87. The van der Waals surface area contributed by atoms with Gasteiger partial charge in [0, 0.05) is 33.1 Å². The average Bonchev–Trinajstić information content (AvgIpc) is 2.76. The van der Waals surface area contributed by atoms with Crippen LogP contribution >= 0.6 is 24.0 Å². The number of aryl methyl sites for hydroxylation is 1. The van der Waals surface area contributed by atoms with Gasteiger partial charge in [0.1, 0.15) is 5.82 Å². The smallest absolute Gasteiger partial charge is 0.194 e. The molecule has 0 bridgehead atoms. The van der Waals surface area contributed by atoms with Gasteiger partial charge in [-0.15, -0.1) is 34.2 Å². The van der Waals surface area contributed by atoms with Crippen molar-refractivity contribution in [2.24, 2.45) is 10.9 Å². The molecule has 0 spiro atoms. The fraction of sp³-hybridized carbons (Fsp3) is 0.812. The van der Waals surface area contributed by atoms with Gasteiger partial charge in [-0.2, -0.15) is 0 Å². The molecule has 1 saturated heterocycles. The van der Waals surface area contributed by atoms with Gasteiger partial charge < -0.3 is 14.8 Å². The summed E-state index contributed by atoms with van der Waals surface area (Å²) in [4.78, 5) is 6.82. The van der Waals surface area contributed by atoms with Crippen LogP contribution in [-0.4, -0.2) is 45.8 Å². The Morgan fingerprint density at radius 3 is 2.87 bits per heavy atom. The number of fused-ring (bicyclic) bond motifs is 1. The summed E-state index contributed by atoms with van der Waals surface area (Å²) in [6, 6.07) is 0. The van der Waals surface area contributed by atoms with Gasteiger partial charge in [-0.25, -0.2) is 0 Å². The number of aliphatic imine (C=N–C) groups is 1. The summed E-state index contributed by atoms with van der Waals surface area (Å²) in [6.45, 7) is 6.28. The van der Waals surface area contributed by atoms with Crippen LogP contribution in [0.3, 0.4) is 0 Å². The molecule has 1 N–H and O–H groups in total. The standard InChI is InChI=1S/C16H28N6.HI/c1-13-7-6-9-21(12-13)16(17-2)18-11-15-20-19-14-8-4-3-5-10-22(14)15;/h13H,3-12H2,1-2H3,(H,17,18);1H. The molecule has 23 heavy (non-hydrogen) atoms. The van der Waals surface area contributed by atoms with Gasteiger partial charge >= 0.3 is 0 Å². The van der Waals surface area contributed by atoms with Crippen molar-refractivity contribution in [1.82, 2.24) is 25.0 Å². The van der Waals surface area contributed by atoms with Gasteiger partial charge in [0.05, 0.1) is 6.54 Å². The number of nitrogens with zero attached hydrogens (tertiary/aromatic N) is 5. The van der Waals surface area contributed by atoms with Crippen LogP contribution in [0.2, 0.25) is 0 Å². The second kappa shape index (κ2) is 8.84. The largest absolute Gasteiger partial charge is 0.349 e. The highest BCUT2D eigenvalue weighted by Crippen LogP contribution is 2.16. The molecule has 3 rings (SSSR count). The van der Waals surface area contributed by atoms with Crippen LogP contribution in [0.25, 0.3) is 0 Å². The van der Waals surface area contributed by atoms with E-state index >= 15 is 0 Å². The van der Waals surface area contributed by atoms with Crippen molar-refractivity contribution in [1.29, 1.82) is 0 Å². The predicted molar refractivity (Wildman–Crippen MR) is 103 cm³/mol. The van der Waals surface area contributed by atoms with Gasteiger partial charge in [-0.05, 0) is 31.6 Å². The first-order chi connectivity index (χ1) is 10.8. The normalized spacial score (nSPS) is 22.1. The minimum Gasteiger partial charge on any atom is -0.349 e. The Labute approximate surface area is 156 Å². The lowest BCUT2D eigenvalue weighted by Crippen LogP contribution is -2.46. The maximum Gasteiger partial charge on any atom is 0.194 e. The number of guanidine groups is 1. The number of likely N-dealkylation sites (tertiary alicyclic amines) is 1. The second-order valence-electron chi connectivity index (χ2n) is 6.59. The van der Waals surface area contributed by atoms with Gasteiger partial charge in [0.15, 0.2) is 11.8 Å². The van der Waals surface area contributed by atoms with E-state index in [2.05, 4.69) is 36.9 Å². The van der Waals surface area contributed by atoms with Gasteiger partial charge in [-0.3, -0.25) is 4.99 Å². The third kappa shape index (κ3) is 4.58. The van der Waals surface area contributed by atoms with Crippen molar-refractivity contribution in [3.63, 3.8) is 0 Å². The van der Waals surface area contributed by atoms with E-state index in [9.17, 15) is 0 Å². The van der Waals surface area contributed by atoms with E-state index in [-0.39, 0.29) is 24.0 Å². The molecule has 3 heterocycles. The van der Waals surface area contributed by atoms with Gasteiger partial charge in [0.25, 0.3) is 0 Å². The minimum atomic E-state index is 0. The van der Waals surface area contributed by atoms with E-state index in [0.717, 1.165) is 49.6 Å². The molecule has 0 aromatic carbocycles. The number of aromatic nitrogens is 3. The molecule has 0 amide bonds. The van der Waals surface area contributed by atoms with Crippen molar-refractivity contribution in [2.75, 3.05) is 20.1 Å². The van der Waals surface area contributed by atoms with Crippen LogP contribution in [0.1, 0.15) is 50.7 Å². The lowest BCUT2D eigenvalue weighted by Gasteiger charge is -2.33. The third-order valence-electron chi connectivity index (χ3n) is 4.76. The number of rotatable bonds is 2. The maximum atomic E-state index is 4.45. The fourth-order valence-electron chi connectivity index (χ4n) is 3.55. The number of hydrogen-bond acceptors (Lipinski definition) is 3. The Hall–Kier alpha value is -0.860. The fourth-order valence-corrected chi connectivity index (χ4v) is 3.55. The molecular weight excluding hydrogens is 403 g/mol. The summed E-state index contributed by atoms with van der Waals surface area (Å²) in [5, 5.41) is 12.2. The van der Waals surface area contributed by atoms with Crippen LogP contribution in [0, 0.1) is 5.92 Å². The maximum absolute atomic E-state index is 4.45. The van der Waals surface area contributed by atoms with E-state index in [1.54, 1.807) is 0 Å². The van der Waals surface area contributed by atoms with Crippen LogP contribution in [0.4, 0.5) is 0 Å². The average molecular weight is 432 g/mol. The highest BCUT2D eigenvalue weighted by molar-refractivity contribution is 14.0. The first-order valence-corrected chi connectivity index (χ1v) is 8.64.